The summed E-state index contributed by atoms with van der Waals surface area (Å²) >= 11 is 0. The Labute approximate surface area is 128 Å². The lowest BCUT2D eigenvalue weighted by Gasteiger charge is -2.34. The highest BCUT2D eigenvalue weighted by molar-refractivity contribution is 7.92. The number of ether oxygens (including phenoxy) is 1. The van der Waals surface area contributed by atoms with Crippen molar-refractivity contribution in [1.29, 1.82) is 0 Å². The number of sulfone groups is 1. The topological polar surface area (TPSA) is 72.5 Å². The molecule has 0 amide bonds. The third kappa shape index (κ3) is 5.94. The third-order valence-corrected chi connectivity index (χ3v) is 5.80. The van der Waals surface area contributed by atoms with Gasteiger partial charge in [-0.2, -0.15) is 0 Å². The molecule has 0 radical (unpaired) electrons. The minimum absolute atomic E-state index is 0.0568. The summed E-state index contributed by atoms with van der Waals surface area (Å²) in [6.07, 6.45) is 2.48. The van der Waals surface area contributed by atoms with Gasteiger partial charge in [0.1, 0.15) is 11.4 Å². The Morgan fingerprint density at radius 2 is 1.90 bits per heavy atom. The Hall–Kier alpha value is -0.620. The van der Waals surface area contributed by atoms with Gasteiger partial charge in [0.15, 0.2) is 9.84 Å². The largest absolute Gasteiger partial charge is 0.459 e. The lowest BCUT2D eigenvalue weighted by molar-refractivity contribution is -0.151. The molecule has 1 N–H and O–H groups in total. The Morgan fingerprint density at radius 3 is 2.43 bits per heavy atom. The van der Waals surface area contributed by atoms with E-state index < -0.39 is 32.4 Å². The molecule has 0 aromatic heterocycles. The van der Waals surface area contributed by atoms with E-state index in [-0.39, 0.29) is 6.04 Å². The molecule has 0 bridgehead atoms. The average Bonchev–Trinajstić information content (AvgIpc) is 2.28. The second-order valence-electron chi connectivity index (χ2n) is 7.01. The molecule has 21 heavy (non-hydrogen) atoms. The Balaban J connectivity index is 2.80. The van der Waals surface area contributed by atoms with Gasteiger partial charge >= 0.3 is 5.97 Å². The average molecular weight is 319 g/mol. The molecule has 3 atom stereocenters. The van der Waals surface area contributed by atoms with Gasteiger partial charge in [-0.25, -0.2) is 8.42 Å². The van der Waals surface area contributed by atoms with E-state index in [2.05, 4.69) is 12.2 Å². The molecule has 1 rings (SSSR count). The maximum absolute atomic E-state index is 12.6. The Bertz CT molecular complexity index is 453. The predicted molar refractivity (Wildman–Crippen MR) is 83.9 cm³/mol. The van der Waals surface area contributed by atoms with E-state index in [0.29, 0.717) is 12.3 Å². The number of hydrogen-bond acceptors (Lipinski definition) is 5. The molecular formula is C15H29NO4S. The van der Waals surface area contributed by atoms with Crippen molar-refractivity contribution in [3.05, 3.63) is 0 Å². The fourth-order valence-electron chi connectivity index (χ4n) is 2.86. The number of nitrogens with one attached hydrogen (secondary N) is 1. The molecule has 124 valence electrons. The molecule has 0 aromatic rings. The molecule has 0 aromatic carbocycles. The zero-order chi connectivity index (χ0) is 16.3. The number of rotatable bonds is 5. The molecule has 1 fully saturated rings. The van der Waals surface area contributed by atoms with Crippen molar-refractivity contribution in [2.75, 3.05) is 12.3 Å². The summed E-state index contributed by atoms with van der Waals surface area (Å²) in [6, 6.07) is -0.0568. The SMILES string of the molecule is CCNC1CCC(C)CC1S(=O)(=O)CC(=O)OC(C)(C)C. The van der Waals surface area contributed by atoms with Crippen LogP contribution in [0.5, 0.6) is 0 Å². The molecule has 1 aliphatic carbocycles. The molecule has 0 saturated heterocycles. The molecule has 0 spiro atoms. The standard InChI is InChI=1S/C15H29NO4S/c1-6-16-12-8-7-11(2)9-13(12)21(18,19)10-14(17)20-15(3,4)5/h11-13,16H,6-10H2,1-5H3. The highest BCUT2D eigenvalue weighted by Gasteiger charge is 2.39. The van der Waals surface area contributed by atoms with E-state index in [0.717, 1.165) is 19.4 Å². The van der Waals surface area contributed by atoms with Crippen LogP contribution in [0.4, 0.5) is 0 Å². The van der Waals surface area contributed by atoms with E-state index in [1.807, 2.05) is 6.92 Å². The summed E-state index contributed by atoms with van der Waals surface area (Å²) < 4.78 is 30.3. The molecular weight excluding hydrogens is 290 g/mol. The first-order valence-electron chi connectivity index (χ1n) is 7.72. The van der Waals surface area contributed by atoms with E-state index in [4.69, 9.17) is 4.74 Å². The van der Waals surface area contributed by atoms with Crippen molar-refractivity contribution in [3.8, 4) is 0 Å². The molecule has 3 unspecified atom stereocenters. The summed E-state index contributed by atoms with van der Waals surface area (Å²) in [4.78, 5) is 11.8. The number of esters is 1. The molecule has 0 heterocycles. The van der Waals surface area contributed by atoms with Gasteiger partial charge in [-0.15, -0.1) is 0 Å². The van der Waals surface area contributed by atoms with Crippen molar-refractivity contribution >= 4 is 15.8 Å². The zero-order valence-electron chi connectivity index (χ0n) is 13.8. The van der Waals surface area contributed by atoms with Crippen molar-refractivity contribution in [3.63, 3.8) is 0 Å². The Morgan fingerprint density at radius 1 is 1.29 bits per heavy atom. The van der Waals surface area contributed by atoms with Crippen LogP contribution in [-0.2, 0) is 19.4 Å². The summed E-state index contributed by atoms with van der Waals surface area (Å²) in [5.74, 6) is -0.807. The van der Waals surface area contributed by atoms with Crippen LogP contribution in [0.1, 0.15) is 53.9 Å². The normalized spacial score (nSPS) is 27.4. The van der Waals surface area contributed by atoms with Crippen molar-refractivity contribution in [2.24, 2.45) is 5.92 Å². The second-order valence-corrected chi connectivity index (χ2v) is 9.23. The van der Waals surface area contributed by atoms with Gasteiger partial charge in [0.25, 0.3) is 0 Å². The van der Waals surface area contributed by atoms with Gasteiger partial charge in [0.05, 0.1) is 5.25 Å². The van der Waals surface area contributed by atoms with Crippen LogP contribution >= 0.6 is 0 Å². The summed E-state index contributed by atoms with van der Waals surface area (Å²) in [5.41, 5.74) is -0.659. The van der Waals surface area contributed by atoms with Gasteiger partial charge in [-0.05, 0) is 52.5 Å². The van der Waals surface area contributed by atoms with Crippen LogP contribution in [0, 0.1) is 5.92 Å². The molecule has 1 aliphatic rings. The van der Waals surface area contributed by atoms with Crippen LogP contribution in [0.2, 0.25) is 0 Å². The van der Waals surface area contributed by atoms with E-state index in [9.17, 15) is 13.2 Å². The predicted octanol–water partition coefficient (Wildman–Crippen LogP) is 1.91. The van der Waals surface area contributed by atoms with Crippen molar-refractivity contribution in [1.82, 2.24) is 5.32 Å². The van der Waals surface area contributed by atoms with Crippen LogP contribution in [0.15, 0.2) is 0 Å². The van der Waals surface area contributed by atoms with Gasteiger partial charge < -0.3 is 10.1 Å². The monoisotopic (exact) mass is 319 g/mol. The van der Waals surface area contributed by atoms with Crippen LogP contribution in [0.3, 0.4) is 0 Å². The number of carbonyl (C=O) groups excluding carboxylic acids is 1. The summed E-state index contributed by atoms with van der Waals surface area (Å²) in [5, 5.41) is 2.76. The fraction of sp³-hybridized carbons (Fsp3) is 0.933. The van der Waals surface area contributed by atoms with Crippen LogP contribution in [-0.4, -0.2) is 43.6 Å². The first-order valence-corrected chi connectivity index (χ1v) is 9.43. The molecule has 1 saturated carbocycles. The minimum atomic E-state index is -3.50. The van der Waals surface area contributed by atoms with Gasteiger partial charge in [-0.1, -0.05) is 13.8 Å². The first-order chi connectivity index (χ1) is 9.55. The molecule has 5 nitrogen and oxygen atoms in total. The maximum atomic E-state index is 12.6. The molecule has 6 heteroatoms. The number of hydrogen-bond donors (Lipinski definition) is 1. The lowest BCUT2D eigenvalue weighted by Crippen LogP contribution is -2.49. The first kappa shape index (κ1) is 18.4. The lowest BCUT2D eigenvalue weighted by atomic mass is 9.87. The highest BCUT2D eigenvalue weighted by atomic mass is 32.2. The van der Waals surface area contributed by atoms with Crippen molar-refractivity contribution in [2.45, 2.75) is 70.8 Å². The third-order valence-electron chi connectivity index (χ3n) is 3.72. The van der Waals surface area contributed by atoms with E-state index in [1.165, 1.54) is 0 Å². The van der Waals surface area contributed by atoms with Crippen molar-refractivity contribution < 1.29 is 17.9 Å². The van der Waals surface area contributed by atoms with E-state index >= 15 is 0 Å². The molecule has 0 aliphatic heterocycles. The zero-order valence-corrected chi connectivity index (χ0v) is 14.6. The quantitative estimate of drug-likeness (QED) is 0.784. The van der Waals surface area contributed by atoms with Crippen LogP contribution < -0.4 is 5.32 Å². The van der Waals surface area contributed by atoms with Gasteiger partial charge in [-0.3, -0.25) is 4.79 Å². The number of carbonyl (C=O) groups is 1. The fourth-order valence-corrected chi connectivity index (χ4v) is 4.82. The minimum Gasteiger partial charge on any atom is -0.459 e. The van der Waals surface area contributed by atoms with E-state index in [1.54, 1.807) is 20.8 Å². The highest BCUT2D eigenvalue weighted by Crippen LogP contribution is 2.29. The second kappa shape index (κ2) is 7.09. The van der Waals surface area contributed by atoms with Crippen LogP contribution in [0.25, 0.3) is 0 Å². The summed E-state index contributed by atoms with van der Waals surface area (Å²) in [7, 11) is -3.50. The van der Waals surface area contributed by atoms with Gasteiger partial charge in [0, 0.05) is 6.04 Å². The Kier molecular flexibility index (Phi) is 6.23. The van der Waals surface area contributed by atoms with Gasteiger partial charge in [0.2, 0.25) is 0 Å². The summed E-state index contributed by atoms with van der Waals surface area (Å²) in [6.45, 7) is 9.98. The maximum Gasteiger partial charge on any atom is 0.321 e. The smallest absolute Gasteiger partial charge is 0.321 e.